The number of hydrogen-bond acceptors (Lipinski definition) is 10. The van der Waals surface area contributed by atoms with Gasteiger partial charge in [0.15, 0.2) is 28.8 Å². The highest BCUT2D eigenvalue weighted by atomic mass is 16.6. The zero-order valence-corrected chi connectivity index (χ0v) is 27.8. The molecule has 0 aliphatic heterocycles. The van der Waals surface area contributed by atoms with Crippen LogP contribution in [-0.4, -0.2) is 66.6 Å². The fourth-order valence-corrected chi connectivity index (χ4v) is 4.33. The summed E-state index contributed by atoms with van der Waals surface area (Å²) in [5.74, 6) is -0.293. The summed E-state index contributed by atoms with van der Waals surface area (Å²) in [6, 6.07) is 18.7. The van der Waals surface area contributed by atoms with Crippen LogP contribution in [0.5, 0.6) is 0 Å². The second-order valence-corrected chi connectivity index (χ2v) is 10.9. The Morgan fingerprint density at radius 1 is 0.583 bits per heavy atom. The SMILES string of the molecule is CCCCNc1nc(C(=O)CCCNC(=O)OCc2ccccc2)c(NCCCNC(=O)OCc2ccccc2)nc1C(=O)NCCC. The van der Waals surface area contributed by atoms with Crippen molar-refractivity contribution in [1.82, 2.24) is 25.9 Å². The maximum Gasteiger partial charge on any atom is 0.407 e. The van der Waals surface area contributed by atoms with Crippen LogP contribution in [0.3, 0.4) is 0 Å². The summed E-state index contributed by atoms with van der Waals surface area (Å²) in [6.07, 6.45) is 2.30. The highest BCUT2D eigenvalue weighted by molar-refractivity contribution is 6.02. The van der Waals surface area contributed by atoms with Crippen LogP contribution in [0, 0.1) is 0 Å². The van der Waals surface area contributed by atoms with Gasteiger partial charge in [-0.15, -0.1) is 0 Å². The lowest BCUT2D eigenvalue weighted by molar-refractivity contribution is 0.0943. The summed E-state index contributed by atoms with van der Waals surface area (Å²) in [5.41, 5.74) is 1.93. The number of benzene rings is 2. The van der Waals surface area contributed by atoms with Crippen LogP contribution in [0.25, 0.3) is 0 Å². The molecule has 3 aromatic rings. The number of carbonyl (C=O) groups is 4. The van der Waals surface area contributed by atoms with E-state index in [1.807, 2.05) is 74.5 Å². The molecule has 0 bridgehead atoms. The minimum Gasteiger partial charge on any atom is -0.445 e. The molecule has 0 unspecified atom stereocenters. The monoisotopic (exact) mass is 661 g/mol. The largest absolute Gasteiger partial charge is 0.445 e. The Morgan fingerprint density at radius 2 is 1.10 bits per heavy atom. The predicted octanol–water partition coefficient (Wildman–Crippen LogP) is 5.45. The van der Waals surface area contributed by atoms with Gasteiger partial charge in [0, 0.05) is 39.1 Å². The average Bonchev–Trinajstić information content (AvgIpc) is 3.11. The maximum atomic E-state index is 13.4. The van der Waals surface area contributed by atoms with Crippen molar-refractivity contribution in [2.24, 2.45) is 0 Å². The standard InChI is InChI=1S/C35H47N7O6/c1-3-5-20-36-32-30(33(44)38-19-4-2)42-31(37-22-13-23-40-35(46)48-25-27-16-10-7-11-17-27)29(41-32)28(43)18-12-21-39-34(45)47-24-26-14-8-6-9-15-26/h6-11,14-17H,3-5,12-13,18-25H2,1-2H3,(H,36,41)(H,37,42)(H,38,44)(H,39,45)(H,40,46). The smallest absolute Gasteiger partial charge is 0.407 e. The van der Waals surface area contributed by atoms with Gasteiger partial charge in [-0.3, -0.25) is 9.59 Å². The first-order valence-electron chi connectivity index (χ1n) is 16.5. The van der Waals surface area contributed by atoms with Crippen LogP contribution in [0.4, 0.5) is 21.2 Å². The van der Waals surface area contributed by atoms with E-state index in [9.17, 15) is 19.2 Å². The molecule has 0 saturated heterocycles. The van der Waals surface area contributed by atoms with E-state index in [4.69, 9.17) is 9.47 Å². The lowest BCUT2D eigenvalue weighted by atomic mass is 10.1. The molecule has 1 aromatic heterocycles. The molecule has 3 amide bonds. The van der Waals surface area contributed by atoms with Crippen molar-refractivity contribution in [3.63, 3.8) is 0 Å². The van der Waals surface area contributed by atoms with E-state index < -0.39 is 18.1 Å². The molecule has 0 atom stereocenters. The summed E-state index contributed by atoms with van der Waals surface area (Å²) >= 11 is 0. The van der Waals surface area contributed by atoms with Gasteiger partial charge >= 0.3 is 12.2 Å². The molecule has 13 heteroatoms. The number of rotatable bonds is 21. The number of nitrogens with zero attached hydrogens (tertiary/aromatic N) is 2. The van der Waals surface area contributed by atoms with Crippen molar-refractivity contribution < 1.29 is 28.7 Å². The van der Waals surface area contributed by atoms with Gasteiger partial charge in [-0.25, -0.2) is 19.6 Å². The summed E-state index contributed by atoms with van der Waals surface area (Å²) in [6.45, 7) is 6.19. The first kappa shape index (κ1) is 37.3. The van der Waals surface area contributed by atoms with E-state index in [-0.39, 0.29) is 55.0 Å². The molecule has 258 valence electrons. The molecule has 0 saturated carbocycles. The van der Waals surface area contributed by atoms with Crippen molar-refractivity contribution in [1.29, 1.82) is 0 Å². The highest BCUT2D eigenvalue weighted by Gasteiger charge is 2.23. The van der Waals surface area contributed by atoms with Gasteiger partial charge in [-0.1, -0.05) is 80.9 Å². The van der Waals surface area contributed by atoms with Crippen LogP contribution >= 0.6 is 0 Å². The van der Waals surface area contributed by atoms with Crippen molar-refractivity contribution >= 4 is 35.5 Å². The molecule has 0 aliphatic rings. The second kappa shape index (κ2) is 21.6. The van der Waals surface area contributed by atoms with E-state index in [1.165, 1.54) is 0 Å². The minimum absolute atomic E-state index is 0.0763. The van der Waals surface area contributed by atoms with E-state index in [2.05, 4.69) is 36.6 Å². The van der Waals surface area contributed by atoms with Crippen molar-refractivity contribution in [3.8, 4) is 0 Å². The predicted molar refractivity (Wildman–Crippen MR) is 184 cm³/mol. The van der Waals surface area contributed by atoms with Gasteiger partial charge in [-0.2, -0.15) is 0 Å². The van der Waals surface area contributed by atoms with Crippen molar-refractivity contribution in [2.45, 2.75) is 65.6 Å². The molecule has 48 heavy (non-hydrogen) atoms. The number of aromatic nitrogens is 2. The number of ketones is 1. The first-order valence-corrected chi connectivity index (χ1v) is 16.5. The zero-order valence-electron chi connectivity index (χ0n) is 27.8. The van der Waals surface area contributed by atoms with Gasteiger partial charge in [0.2, 0.25) is 0 Å². The molecule has 2 aromatic carbocycles. The van der Waals surface area contributed by atoms with E-state index in [0.717, 1.165) is 30.4 Å². The number of anilines is 2. The average molecular weight is 662 g/mol. The summed E-state index contributed by atoms with van der Waals surface area (Å²) in [5, 5.41) is 14.5. The Kier molecular flexibility index (Phi) is 16.7. The number of Topliss-reactive ketones (excluding diaryl/α,β-unsaturated/α-hetero) is 1. The molecule has 0 spiro atoms. The van der Waals surface area contributed by atoms with E-state index in [1.54, 1.807) is 0 Å². The Hall–Kier alpha value is -5.20. The normalized spacial score (nSPS) is 10.5. The third kappa shape index (κ3) is 13.7. The summed E-state index contributed by atoms with van der Waals surface area (Å²) < 4.78 is 10.5. The third-order valence-electron chi connectivity index (χ3n) is 6.92. The Bertz CT molecular complexity index is 1440. The van der Waals surface area contributed by atoms with Crippen LogP contribution < -0.4 is 26.6 Å². The molecule has 13 nitrogen and oxygen atoms in total. The van der Waals surface area contributed by atoms with Crippen LogP contribution in [-0.2, 0) is 22.7 Å². The molecule has 3 rings (SSSR count). The van der Waals surface area contributed by atoms with Gasteiger partial charge in [0.25, 0.3) is 5.91 Å². The molecule has 5 N–H and O–H groups in total. The van der Waals surface area contributed by atoms with E-state index >= 15 is 0 Å². The molecular weight excluding hydrogens is 614 g/mol. The van der Waals surface area contributed by atoms with Crippen LogP contribution in [0.1, 0.15) is 84.5 Å². The highest BCUT2D eigenvalue weighted by Crippen LogP contribution is 2.21. The topological polar surface area (TPSA) is 173 Å². The van der Waals surface area contributed by atoms with Gasteiger partial charge in [0.1, 0.15) is 13.2 Å². The Labute approximate surface area is 282 Å². The Balaban J connectivity index is 1.61. The number of hydrogen-bond donors (Lipinski definition) is 5. The van der Waals surface area contributed by atoms with Crippen LogP contribution in [0.2, 0.25) is 0 Å². The number of unbranched alkanes of at least 4 members (excludes halogenated alkanes) is 1. The lowest BCUT2D eigenvalue weighted by Gasteiger charge is -2.16. The molecule has 1 heterocycles. The van der Waals surface area contributed by atoms with Crippen molar-refractivity contribution in [3.05, 3.63) is 83.2 Å². The zero-order chi connectivity index (χ0) is 34.4. The fraction of sp³-hybridized carbons (Fsp3) is 0.429. The summed E-state index contributed by atoms with van der Waals surface area (Å²) in [4.78, 5) is 59.8. The Morgan fingerprint density at radius 3 is 1.67 bits per heavy atom. The maximum absolute atomic E-state index is 13.4. The van der Waals surface area contributed by atoms with E-state index in [0.29, 0.717) is 39.0 Å². The number of amides is 3. The number of carbonyl (C=O) groups excluding carboxylic acids is 4. The number of nitrogens with one attached hydrogen (secondary N) is 5. The third-order valence-corrected chi connectivity index (χ3v) is 6.92. The summed E-state index contributed by atoms with van der Waals surface area (Å²) in [7, 11) is 0. The van der Waals surface area contributed by atoms with Gasteiger partial charge in [-0.05, 0) is 36.8 Å². The van der Waals surface area contributed by atoms with Crippen LogP contribution in [0.15, 0.2) is 60.7 Å². The lowest BCUT2D eigenvalue weighted by Crippen LogP contribution is -2.29. The number of ether oxygens (including phenoxy) is 2. The molecule has 0 aliphatic carbocycles. The second-order valence-electron chi connectivity index (χ2n) is 10.9. The van der Waals surface area contributed by atoms with Crippen molar-refractivity contribution in [2.75, 3.05) is 43.4 Å². The van der Waals surface area contributed by atoms with Gasteiger partial charge < -0.3 is 36.1 Å². The fourth-order valence-electron chi connectivity index (χ4n) is 4.33. The first-order chi connectivity index (χ1) is 23.4. The molecule has 0 radical (unpaired) electrons. The quantitative estimate of drug-likeness (QED) is 0.0730. The van der Waals surface area contributed by atoms with Gasteiger partial charge in [0.05, 0.1) is 0 Å². The molecular formula is C35H47N7O6. The number of alkyl carbamates (subject to hydrolysis) is 2. The minimum atomic E-state index is -0.573. The molecule has 0 fully saturated rings.